The van der Waals surface area contributed by atoms with Crippen molar-refractivity contribution in [2.75, 3.05) is 13.2 Å². The molecule has 0 heterocycles. The summed E-state index contributed by atoms with van der Waals surface area (Å²) in [5.41, 5.74) is 7.32. The first-order valence-corrected chi connectivity index (χ1v) is 8.82. The second-order valence-electron chi connectivity index (χ2n) is 5.36. The van der Waals surface area contributed by atoms with Crippen LogP contribution in [0.4, 0.5) is 0 Å². The van der Waals surface area contributed by atoms with Crippen LogP contribution < -0.4 is 5.73 Å². The van der Waals surface area contributed by atoms with Crippen molar-refractivity contribution in [1.82, 2.24) is 0 Å². The van der Waals surface area contributed by atoms with Crippen LogP contribution in [0.25, 0.3) is 0 Å². The van der Waals surface area contributed by atoms with E-state index in [4.69, 9.17) is 10.5 Å². The number of ether oxygens (including phenoxy) is 1. The highest BCUT2D eigenvalue weighted by Crippen LogP contribution is 2.46. The lowest BCUT2D eigenvalue weighted by Gasteiger charge is -2.30. The van der Waals surface area contributed by atoms with Gasteiger partial charge in [0.25, 0.3) is 0 Å². The molecule has 2 aromatic carbocycles. The molecule has 3 rings (SSSR count). The van der Waals surface area contributed by atoms with Gasteiger partial charge < -0.3 is 10.5 Å². The van der Waals surface area contributed by atoms with E-state index < -0.39 is 14.8 Å². The van der Waals surface area contributed by atoms with Gasteiger partial charge in [-0.25, -0.2) is 8.42 Å². The van der Waals surface area contributed by atoms with E-state index in [1.165, 1.54) is 0 Å². The van der Waals surface area contributed by atoms with Gasteiger partial charge in [-0.1, -0.05) is 42.5 Å². The number of fused-ring (bicyclic) bond motifs is 1. The van der Waals surface area contributed by atoms with Crippen LogP contribution in [-0.4, -0.2) is 21.6 Å². The summed E-state index contributed by atoms with van der Waals surface area (Å²) in [6.07, 6.45) is 1.11. The fraction of sp³-hybridized carbons (Fsp3) is 0.294. The van der Waals surface area contributed by atoms with E-state index in [2.05, 4.69) is 0 Å². The van der Waals surface area contributed by atoms with Crippen molar-refractivity contribution in [1.29, 1.82) is 0 Å². The Kier molecular flexibility index (Phi) is 4.04. The van der Waals surface area contributed by atoms with Crippen LogP contribution in [-0.2, 0) is 25.9 Å². The summed E-state index contributed by atoms with van der Waals surface area (Å²) in [7, 11) is -3.66. The number of hydrogen-bond acceptors (Lipinski definition) is 4. The fourth-order valence-corrected chi connectivity index (χ4v) is 5.06. The van der Waals surface area contributed by atoms with Crippen molar-refractivity contribution in [2.24, 2.45) is 5.73 Å². The summed E-state index contributed by atoms with van der Waals surface area (Å²) in [5, 5.41) is 0. The molecule has 0 amide bonds. The quantitative estimate of drug-likeness (QED) is 0.918. The zero-order valence-electron chi connectivity index (χ0n) is 12.2. The maximum absolute atomic E-state index is 13.3. The zero-order chi connectivity index (χ0) is 15.6. The van der Waals surface area contributed by atoms with E-state index >= 15 is 0 Å². The third-order valence-corrected chi connectivity index (χ3v) is 6.39. The smallest absolute Gasteiger partial charge is 0.212 e. The molecule has 0 aromatic heterocycles. The molecule has 0 spiro atoms. The summed E-state index contributed by atoms with van der Waals surface area (Å²) in [6, 6.07) is 16.1. The van der Waals surface area contributed by atoms with Crippen molar-refractivity contribution in [2.45, 2.75) is 22.7 Å². The van der Waals surface area contributed by atoms with Crippen molar-refractivity contribution >= 4 is 9.84 Å². The third kappa shape index (κ3) is 2.26. The second-order valence-corrected chi connectivity index (χ2v) is 7.50. The molecule has 1 aliphatic carbocycles. The highest BCUT2D eigenvalue weighted by molar-refractivity contribution is 7.92. The molecule has 0 saturated heterocycles. The van der Waals surface area contributed by atoms with Crippen molar-refractivity contribution in [3.05, 3.63) is 65.7 Å². The highest BCUT2D eigenvalue weighted by atomic mass is 32.2. The maximum Gasteiger partial charge on any atom is 0.212 e. The van der Waals surface area contributed by atoms with Gasteiger partial charge in [-0.3, -0.25) is 0 Å². The molecule has 2 N–H and O–H groups in total. The van der Waals surface area contributed by atoms with Crippen molar-refractivity contribution < 1.29 is 13.2 Å². The average Bonchev–Trinajstić information content (AvgIpc) is 2.94. The fourth-order valence-electron chi connectivity index (χ4n) is 3.06. The Balaban J connectivity index is 2.17. The van der Waals surface area contributed by atoms with Crippen molar-refractivity contribution in [3.63, 3.8) is 0 Å². The lowest BCUT2D eigenvalue weighted by Crippen LogP contribution is -2.38. The average molecular weight is 317 g/mol. The van der Waals surface area contributed by atoms with Gasteiger partial charge in [0.15, 0.2) is 4.93 Å². The molecule has 116 valence electrons. The normalized spacial score (nSPS) is 20.8. The van der Waals surface area contributed by atoms with Crippen LogP contribution in [0.1, 0.15) is 17.5 Å². The van der Waals surface area contributed by atoms with Crippen LogP contribution in [0.15, 0.2) is 59.5 Å². The van der Waals surface area contributed by atoms with Gasteiger partial charge in [0.2, 0.25) is 9.84 Å². The number of benzene rings is 2. The Morgan fingerprint density at radius 2 is 1.73 bits per heavy atom. The first-order chi connectivity index (χ1) is 10.6. The Hall–Kier alpha value is -1.69. The number of aryl methyl sites for hydroxylation is 1. The van der Waals surface area contributed by atoms with Gasteiger partial charge in [-0.15, -0.1) is 0 Å². The van der Waals surface area contributed by atoms with E-state index in [-0.39, 0.29) is 18.0 Å². The Morgan fingerprint density at radius 3 is 2.45 bits per heavy atom. The molecule has 0 bridgehead atoms. The van der Waals surface area contributed by atoms with Crippen molar-refractivity contribution in [3.8, 4) is 0 Å². The molecular formula is C17H19NO3S. The van der Waals surface area contributed by atoms with Gasteiger partial charge in [-0.05, 0) is 30.5 Å². The van der Waals surface area contributed by atoms with E-state index in [1.54, 1.807) is 30.3 Å². The number of rotatable bonds is 5. The zero-order valence-corrected chi connectivity index (χ0v) is 13.1. The Bertz CT molecular complexity index is 758. The summed E-state index contributed by atoms with van der Waals surface area (Å²) < 4.78 is 32.4. The third-order valence-electron chi connectivity index (χ3n) is 4.09. The molecule has 1 unspecified atom stereocenters. The van der Waals surface area contributed by atoms with Crippen LogP contribution in [0.5, 0.6) is 0 Å². The molecule has 5 heteroatoms. The molecule has 22 heavy (non-hydrogen) atoms. The molecule has 0 saturated carbocycles. The van der Waals surface area contributed by atoms with E-state index in [9.17, 15) is 8.42 Å². The molecular weight excluding hydrogens is 298 g/mol. The lowest BCUT2D eigenvalue weighted by atomic mass is 10.1. The minimum absolute atomic E-state index is 0.209. The molecule has 0 radical (unpaired) electrons. The summed E-state index contributed by atoms with van der Waals surface area (Å²) >= 11 is 0. The van der Waals surface area contributed by atoms with Gasteiger partial charge in [0, 0.05) is 12.1 Å². The topological polar surface area (TPSA) is 69.4 Å². The minimum Gasteiger partial charge on any atom is -0.353 e. The van der Waals surface area contributed by atoms with Gasteiger partial charge in [0.1, 0.15) is 0 Å². The first-order valence-electron chi connectivity index (χ1n) is 7.34. The predicted molar refractivity (Wildman–Crippen MR) is 85.1 cm³/mol. The molecule has 1 aliphatic rings. The number of sulfone groups is 1. The lowest BCUT2D eigenvalue weighted by molar-refractivity contribution is 0.0208. The van der Waals surface area contributed by atoms with E-state index in [0.717, 1.165) is 11.1 Å². The first kappa shape index (κ1) is 15.2. The second kappa shape index (κ2) is 5.83. The molecule has 2 aromatic rings. The Morgan fingerprint density at radius 1 is 1.05 bits per heavy atom. The number of hydrogen-bond donors (Lipinski definition) is 1. The summed E-state index contributed by atoms with van der Waals surface area (Å²) in [6.45, 7) is 0.495. The van der Waals surface area contributed by atoms with Gasteiger partial charge >= 0.3 is 0 Å². The monoisotopic (exact) mass is 317 g/mol. The highest BCUT2D eigenvalue weighted by Gasteiger charge is 2.51. The maximum atomic E-state index is 13.3. The SMILES string of the molecule is NCCOC1(S(=O)(=O)c2ccccc2)CCc2ccccc21. The van der Waals surface area contributed by atoms with E-state index in [0.29, 0.717) is 12.8 Å². The Labute approximate surface area is 130 Å². The molecule has 0 fully saturated rings. The standard InChI is InChI=1S/C17H19NO3S/c18-12-13-21-17(11-10-14-6-4-5-9-16(14)17)22(19,20)15-7-2-1-3-8-15/h1-9H,10-13,18H2. The van der Waals surface area contributed by atoms with E-state index in [1.807, 2.05) is 24.3 Å². The largest absolute Gasteiger partial charge is 0.353 e. The van der Waals surface area contributed by atoms with Crippen LogP contribution in [0, 0.1) is 0 Å². The predicted octanol–water partition coefficient (Wildman–Crippen LogP) is 2.23. The van der Waals surface area contributed by atoms with Gasteiger partial charge in [0.05, 0.1) is 11.5 Å². The van der Waals surface area contributed by atoms with Crippen LogP contribution in [0.3, 0.4) is 0 Å². The molecule has 0 aliphatic heterocycles. The van der Waals surface area contributed by atoms with Crippen LogP contribution >= 0.6 is 0 Å². The minimum atomic E-state index is -3.66. The summed E-state index contributed by atoms with van der Waals surface area (Å²) in [5.74, 6) is 0. The molecule has 4 nitrogen and oxygen atoms in total. The number of nitrogens with two attached hydrogens (primary N) is 1. The molecule has 1 atom stereocenters. The summed E-state index contributed by atoms with van der Waals surface area (Å²) in [4.78, 5) is -1.05. The van der Waals surface area contributed by atoms with Gasteiger partial charge in [-0.2, -0.15) is 0 Å². The van der Waals surface area contributed by atoms with Crippen LogP contribution in [0.2, 0.25) is 0 Å².